The number of rotatable bonds is 4. The number of carbonyl (C=O) groups excluding carboxylic acids is 1. The van der Waals surface area contributed by atoms with Gasteiger partial charge in [0, 0.05) is 22.7 Å². The highest BCUT2D eigenvalue weighted by atomic mass is 32.2. The fraction of sp³-hybridized carbons (Fsp3) is 0.462. The minimum Gasteiger partial charge on any atom is -0.332 e. The average Bonchev–Trinajstić information content (AvgIpc) is 2.70. The molecule has 0 radical (unpaired) electrons. The van der Waals surface area contributed by atoms with E-state index in [4.69, 9.17) is 0 Å². The van der Waals surface area contributed by atoms with Crippen LogP contribution in [0.4, 0.5) is 19.3 Å². The summed E-state index contributed by atoms with van der Waals surface area (Å²) in [6, 6.07) is 6.19. The van der Waals surface area contributed by atoms with Crippen molar-refractivity contribution in [3.8, 4) is 0 Å². The number of nitrogens with one attached hydrogen (secondary N) is 4. The highest BCUT2D eigenvalue weighted by molar-refractivity contribution is 7.99. The lowest BCUT2D eigenvalue weighted by Crippen LogP contribution is -2.47. The molecule has 2 rings (SSSR count). The number of carbonyl (C=O) groups is 1. The molecule has 2 atom stereocenters. The first-order valence-corrected chi connectivity index (χ1v) is 7.47. The van der Waals surface area contributed by atoms with Gasteiger partial charge in [-0.15, -0.1) is 0 Å². The number of hydrazine groups is 1. The van der Waals surface area contributed by atoms with Gasteiger partial charge in [0.25, 0.3) is 5.76 Å². The molecule has 2 amide bonds. The first-order valence-electron chi connectivity index (χ1n) is 6.59. The molecule has 1 heterocycles. The lowest BCUT2D eigenvalue weighted by Gasteiger charge is -2.20. The normalized spacial score (nSPS) is 25.1. The van der Waals surface area contributed by atoms with E-state index >= 15 is 0 Å². The van der Waals surface area contributed by atoms with Gasteiger partial charge in [-0.1, -0.05) is 17.8 Å². The predicted octanol–water partition coefficient (Wildman–Crippen LogP) is 2.38. The van der Waals surface area contributed by atoms with Crippen LogP contribution in [0.3, 0.4) is 0 Å². The van der Waals surface area contributed by atoms with Gasteiger partial charge in [-0.3, -0.25) is 10.9 Å². The topological polar surface area (TPSA) is 65.2 Å². The number of anilines is 1. The van der Waals surface area contributed by atoms with Crippen molar-refractivity contribution >= 4 is 23.5 Å². The van der Waals surface area contributed by atoms with Crippen molar-refractivity contribution in [2.45, 2.75) is 42.6 Å². The predicted molar refractivity (Wildman–Crippen MR) is 79.4 cm³/mol. The van der Waals surface area contributed by atoms with Crippen LogP contribution in [0.5, 0.6) is 0 Å². The summed E-state index contributed by atoms with van der Waals surface area (Å²) >= 11 is 0.448. The van der Waals surface area contributed by atoms with E-state index in [0.717, 1.165) is 0 Å². The van der Waals surface area contributed by atoms with Crippen LogP contribution >= 0.6 is 11.8 Å². The zero-order chi connectivity index (χ0) is 15.4. The number of alkyl halides is 2. The second-order valence-corrected chi connectivity index (χ2v) is 5.96. The van der Waals surface area contributed by atoms with Crippen molar-refractivity contribution in [2.75, 3.05) is 5.32 Å². The van der Waals surface area contributed by atoms with Gasteiger partial charge in [0.05, 0.1) is 6.04 Å². The molecule has 1 saturated heterocycles. The summed E-state index contributed by atoms with van der Waals surface area (Å²) in [6.07, 6.45) is 0. The summed E-state index contributed by atoms with van der Waals surface area (Å²) in [4.78, 5) is 12.4. The van der Waals surface area contributed by atoms with Gasteiger partial charge in [-0.05, 0) is 32.0 Å². The van der Waals surface area contributed by atoms with Gasteiger partial charge in [-0.25, -0.2) is 4.79 Å². The summed E-state index contributed by atoms with van der Waals surface area (Å²) < 4.78 is 24.6. The molecule has 5 nitrogen and oxygen atoms in total. The third-order valence-corrected chi connectivity index (χ3v) is 3.94. The molecule has 21 heavy (non-hydrogen) atoms. The molecule has 1 aliphatic heterocycles. The average molecular weight is 316 g/mol. The minimum absolute atomic E-state index is 0.0522. The lowest BCUT2D eigenvalue weighted by molar-refractivity contribution is 0.246. The third kappa shape index (κ3) is 4.55. The van der Waals surface area contributed by atoms with Crippen LogP contribution in [0, 0.1) is 0 Å². The van der Waals surface area contributed by atoms with Crippen LogP contribution in [-0.2, 0) is 0 Å². The van der Waals surface area contributed by atoms with Crippen LogP contribution < -0.4 is 21.5 Å². The Bertz CT molecular complexity index is 493. The maximum Gasteiger partial charge on any atom is 0.319 e. The van der Waals surface area contributed by atoms with Crippen molar-refractivity contribution in [3.63, 3.8) is 0 Å². The molecule has 1 aliphatic rings. The van der Waals surface area contributed by atoms with Crippen LogP contribution in [0.2, 0.25) is 0 Å². The van der Waals surface area contributed by atoms with Crippen LogP contribution in [0.25, 0.3) is 0 Å². The second kappa shape index (κ2) is 7.06. The number of urea groups is 1. The number of hydrogen-bond acceptors (Lipinski definition) is 4. The van der Waals surface area contributed by atoms with E-state index in [1.165, 1.54) is 6.07 Å². The molecule has 8 heteroatoms. The van der Waals surface area contributed by atoms with Crippen molar-refractivity contribution in [1.29, 1.82) is 0 Å². The van der Waals surface area contributed by atoms with E-state index in [-0.39, 0.29) is 24.2 Å². The molecule has 2 unspecified atom stereocenters. The Morgan fingerprint density at radius 1 is 1.29 bits per heavy atom. The molecule has 0 saturated carbocycles. The van der Waals surface area contributed by atoms with E-state index in [9.17, 15) is 13.6 Å². The Labute approximate surface area is 126 Å². The number of amides is 2. The summed E-state index contributed by atoms with van der Waals surface area (Å²) in [5, 5.41) is 5.52. The highest BCUT2D eigenvalue weighted by Crippen LogP contribution is 2.27. The maximum atomic E-state index is 12.3. The van der Waals surface area contributed by atoms with Crippen LogP contribution in [-0.4, -0.2) is 29.9 Å². The van der Waals surface area contributed by atoms with Crippen molar-refractivity contribution in [3.05, 3.63) is 24.3 Å². The lowest BCUT2D eigenvalue weighted by atomic mass is 10.1. The number of halogens is 2. The third-order valence-electron chi connectivity index (χ3n) is 3.23. The number of hydrogen-bond donors (Lipinski definition) is 4. The summed E-state index contributed by atoms with van der Waals surface area (Å²) in [7, 11) is 0. The van der Waals surface area contributed by atoms with Crippen molar-refractivity contribution in [1.82, 2.24) is 16.2 Å². The van der Waals surface area contributed by atoms with E-state index in [1.807, 2.05) is 13.8 Å². The van der Waals surface area contributed by atoms with Gasteiger partial charge in [0.2, 0.25) is 0 Å². The van der Waals surface area contributed by atoms with Gasteiger partial charge in [0.1, 0.15) is 0 Å². The zero-order valence-corrected chi connectivity index (χ0v) is 12.5. The SMILES string of the molecule is CC1NNC(C)C1NC(=O)Nc1cccc(SC(F)F)c1. The van der Waals surface area contributed by atoms with Crippen molar-refractivity contribution < 1.29 is 13.6 Å². The number of benzene rings is 1. The molecule has 1 aromatic rings. The Balaban J connectivity index is 1.93. The zero-order valence-electron chi connectivity index (χ0n) is 11.7. The Morgan fingerprint density at radius 2 is 1.95 bits per heavy atom. The fourth-order valence-corrected chi connectivity index (χ4v) is 2.75. The first-order chi connectivity index (χ1) is 9.95. The van der Waals surface area contributed by atoms with E-state index < -0.39 is 5.76 Å². The molecule has 0 spiro atoms. The Kier molecular flexibility index (Phi) is 5.38. The quantitative estimate of drug-likeness (QED) is 0.644. The standard InChI is InChI=1S/C13H18F2N4OS/c1-7-11(8(2)19-18-7)17-13(20)16-9-4-3-5-10(6-9)21-12(14)15/h3-8,11-12,18-19H,1-2H3,(H2,16,17,20). The van der Waals surface area contributed by atoms with Gasteiger partial charge in [0.15, 0.2) is 0 Å². The van der Waals surface area contributed by atoms with Crippen molar-refractivity contribution in [2.24, 2.45) is 0 Å². The molecule has 1 aromatic carbocycles. The maximum absolute atomic E-state index is 12.3. The van der Waals surface area contributed by atoms with Gasteiger partial charge < -0.3 is 10.6 Å². The molecular weight excluding hydrogens is 298 g/mol. The van der Waals surface area contributed by atoms with Crippen LogP contribution in [0.1, 0.15) is 13.8 Å². The smallest absolute Gasteiger partial charge is 0.319 e. The highest BCUT2D eigenvalue weighted by Gasteiger charge is 2.30. The van der Waals surface area contributed by atoms with E-state index in [2.05, 4.69) is 21.5 Å². The first kappa shape index (κ1) is 16.0. The summed E-state index contributed by atoms with van der Waals surface area (Å²) in [5.41, 5.74) is 6.56. The Hall–Kier alpha value is -1.38. The number of thioether (sulfide) groups is 1. The molecular formula is C13H18F2N4OS. The molecule has 0 aliphatic carbocycles. The van der Waals surface area contributed by atoms with E-state index in [1.54, 1.807) is 18.2 Å². The van der Waals surface area contributed by atoms with E-state index in [0.29, 0.717) is 22.3 Å². The molecule has 0 aromatic heterocycles. The molecule has 1 fully saturated rings. The van der Waals surface area contributed by atoms with Crippen LogP contribution in [0.15, 0.2) is 29.2 Å². The Morgan fingerprint density at radius 3 is 2.57 bits per heavy atom. The molecule has 4 N–H and O–H groups in total. The largest absolute Gasteiger partial charge is 0.332 e. The van der Waals surface area contributed by atoms with Gasteiger partial charge in [-0.2, -0.15) is 8.78 Å². The fourth-order valence-electron chi connectivity index (χ4n) is 2.19. The second-order valence-electron chi connectivity index (χ2n) is 4.90. The molecule has 116 valence electrons. The minimum atomic E-state index is -2.48. The summed E-state index contributed by atoms with van der Waals surface area (Å²) in [6.45, 7) is 3.92. The van der Waals surface area contributed by atoms with Gasteiger partial charge >= 0.3 is 6.03 Å². The molecule has 0 bridgehead atoms. The monoisotopic (exact) mass is 316 g/mol. The summed E-state index contributed by atoms with van der Waals surface area (Å²) in [5.74, 6) is -2.48.